The molecular formula is C22H21N3O4. The van der Waals surface area contributed by atoms with Crippen LogP contribution in [0.1, 0.15) is 34.2 Å². The van der Waals surface area contributed by atoms with E-state index in [2.05, 4.69) is 11.1 Å². The fourth-order valence-corrected chi connectivity index (χ4v) is 2.84. The Bertz CT molecular complexity index is 1050. The largest absolute Gasteiger partial charge is 0.497 e. The van der Waals surface area contributed by atoms with Crippen LogP contribution >= 0.6 is 0 Å². The van der Waals surface area contributed by atoms with E-state index < -0.39 is 5.97 Å². The van der Waals surface area contributed by atoms with Gasteiger partial charge in [-0.25, -0.2) is 9.78 Å². The van der Waals surface area contributed by atoms with E-state index in [9.17, 15) is 10.1 Å². The topological polar surface area (TPSA) is 86.4 Å². The summed E-state index contributed by atoms with van der Waals surface area (Å²) in [4.78, 5) is 23.0. The lowest BCUT2D eigenvalue weighted by molar-refractivity contribution is 0.0426. The molecule has 148 valence electrons. The minimum absolute atomic E-state index is 0.205. The van der Waals surface area contributed by atoms with Crippen LogP contribution < -0.4 is 9.57 Å². The number of hydrogen-bond acceptors (Lipinski definition) is 6. The second-order valence-electron chi connectivity index (χ2n) is 6.20. The molecule has 0 spiro atoms. The predicted octanol–water partition coefficient (Wildman–Crippen LogP) is 3.54. The van der Waals surface area contributed by atoms with Gasteiger partial charge in [-0.3, -0.25) is 0 Å². The molecular weight excluding hydrogens is 370 g/mol. The van der Waals surface area contributed by atoms with Crippen molar-refractivity contribution in [1.82, 2.24) is 9.71 Å². The van der Waals surface area contributed by atoms with E-state index in [4.69, 9.17) is 14.3 Å². The third-order valence-electron chi connectivity index (χ3n) is 4.25. The van der Waals surface area contributed by atoms with Crippen molar-refractivity contribution >= 4 is 5.97 Å². The summed E-state index contributed by atoms with van der Waals surface area (Å²) in [7, 11) is 1.60. The lowest BCUT2D eigenvalue weighted by atomic mass is 10.1. The van der Waals surface area contributed by atoms with Gasteiger partial charge in [-0.1, -0.05) is 24.3 Å². The third kappa shape index (κ3) is 4.38. The molecule has 0 bridgehead atoms. The Morgan fingerprint density at radius 3 is 2.62 bits per heavy atom. The molecule has 0 saturated carbocycles. The zero-order valence-corrected chi connectivity index (χ0v) is 16.5. The third-order valence-corrected chi connectivity index (χ3v) is 4.25. The highest BCUT2D eigenvalue weighted by atomic mass is 16.7. The molecule has 0 aliphatic rings. The standard InChI is InChI=1S/C22H21N3O4/c1-4-28-22(26)20-15(2)24-21(18-7-5-6-17(12-18)13-23)25(20)29-14-16-8-10-19(27-3)11-9-16/h5-12H,4,14H2,1-3H3. The van der Waals surface area contributed by atoms with Gasteiger partial charge in [0.15, 0.2) is 11.5 Å². The maximum Gasteiger partial charge on any atom is 0.360 e. The number of hydrogen-bond donors (Lipinski definition) is 0. The minimum Gasteiger partial charge on any atom is -0.497 e. The monoisotopic (exact) mass is 391 g/mol. The number of methoxy groups -OCH3 is 1. The number of nitriles is 1. The molecule has 2 aromatic carbocycles. The molecule has 0 unspecified atom stereocenters. The normalized spacial score (nSPS) is 10.3. The fourth-order valence-electron chi connectivity index (χ4n) is 2.84. The number of benzene rings is 2. The quantitative estimate of drug-likeness (QED) is 0.573. The number of imidazole rings is 1. The van der Waals surface area contributed by atoms with Crippen LogP contribution in [-0.2, 0) is 11.3 Å². The van der Waals surface area contributed by atoms with E-state index in [1.165, 1.54) is 4.73 Å². The maximum absolute atomic E-state index is 12.5. The second kappa shape index (κ2) is 8.93. The van der Waals surface area contributed by atoms with Crippen molar-refractivity contribution in [2.45, 2.75) is 20.5 Å². The van der Waals surface area contributed by atoms with E-state index in [1.54, 1.807) is 39.2 Å². The first-order valence-corrected chi connectivity index (χ1v) is 9.10. The highest BCUT2D eigenvalue weighted by Gasteiger charge is 2.24. The van der Waals surface area contributed by atoms with Crippen molar-refractivity contribution < 1.29 is 19.1 Å². The van der Waals surface area contributed by atoms with Gasteiger partial charge in [0, 0.05) is 5.56 Å². The molecule has 1 aromatic heterocycles. The fraction of sp³-hybridized carbons (Fsp3) is 0.227. The molecule has 0 atom stereocenters. The van der Waals surface area contributed by atoms with E-state index in [0.717, 1.165) is 11.3 Å². The van der Waals surface area contributed by atoms with Crippen molar-refractivity contribution in [1.29, 1.82) is 5.26 Å². The van der Waals surface area contributed by atoms with Crippen LogP contribution in [0.3, 0.4) is 0 Å². The smallest absolute Gasteiger partial charge is 0.360 e. The number of nitrogens with zero attached hydrogens (tertiary/aromatic N) is 3. The van der Waals surface area contributed by atoms with E-state index >= 15 is 0 Å². The summed E-state index contributed by atoms with van der Waals surface area (Å²) in [5.41, 5.74) is 2.75. The number of aryl methyl sites for hydroxylation is 1. The second-order valence-corrected chi connectivity index (χ2v) is 6.20. The molecule has 29 heavy (non-hydrogen) atoms. The van der Waals surface area contributed by atoms with Crippen LogP contribution in [-0.4, -0.2) is 29.4 Å². The molecule has 0 aliphatic heterocycles. The first-order chi connectivity index (χ1) is 14.1. The Balaban J connectivity index is 2.00. The zero-order valence-electron chi connectivity index (χ0n) is 16.5. The molecule has 7 heteroatoms. The van der Waals surface area contributed by atoms with Crippen LogP contribution in [0.2, 0.25) is 0 Å². The first kappa shape index (κ1) is 20.0. The van der Waals surface area contributed by atoms with E-state index in [-0.39, 0.29) is 18.9 Å². The number of esters is 1. The summed E-state index contributed by atoms with van der Waals surface area (Å²) in [5, 5.41) is 9.20. The van der Waals surface area contributed by atoms with Crippen molar-refractivity contribution in [3.05, 3.63) is 71.0 Å². The Kier molecular flexibility index (Phi) is 6.15. The first-order valence-electron chi connectivity index (χ1n) is 9.10. The number of carbonyl (C=O) groups excluding carboxylic acids is 1. The summed E-state index contributed by atoms with van der Waals surface area (Å²) in [6.45, 7) is 3.90. The molecule has 0 fully saturated rings. The molecule has 0 radical (unpaired) electrons. The van der Waals surface area contributed by atoms with E-state index in [1.807, 2.05) is 30.3 Å². The summed E-state index contributed by atoms with van der Waals surface area (Å²) in [6, 6.07) is 16.5. The number of ether oxygens (including phenoxy) is 2. The summed E-state index contributed by atoms with van der Waals surface area (Å²) in [5.74, 6) is 0.652. The van der Waals surface area contributed by atoms with Gasteiger partial charge >= 0.3 is 5.97 Å². The lowest BCUT2D eigenvalue weighted by Crippen LogP contribution is -2.20. The van der Waals surface area contributed by atoms with Gasteiger partial charge in [0.05, 0.1) is 31.0 Å². The molecule has 0 aliphatic carbocycles. The highest BCUT2D eigenvalue weighted by molar-refractivity contribution is 5.89. The van der Waals surface area contributed by atoms with Gasteiger partial charge in [0.2, 0.25) is 0 Å². The molecule has 3 aromatic rings. The average Bonchev–Trinajstić information content (AvgIpc) is 3.09. The Labute approximate surface area is 169 Å². The van der Waals surface area contributed by atoms with Crippen LogP contribution in [0.25, 0.3) is 11.4 Å². The Morgan fingerprint density at radius 1 is 1.21 bits per heavy atom. The van der Waals surface area contributed by atoms with Crippen LogP contribution in [0, 0.1) is 18.3 Å². The molecule has 0 amide bonds. The van der Waals surface area contributed by atoms with Gasteiger partial charge in [-0.2, -0.15) is 9.99 Å². The Morgan fingerprint density at radius 2 is 1.97 bits per heavy atom. The SMILES string of the molecule is CCOC(=O)c1c(C)nc(-c2cccc(C#N)c2)n1OCc1ccc(OC)cc1. The molecule has 1 heterocycles. The lowest BCUT2D eigenvalue weighted by Gasteiger charge is -2.13. The van der Waals surface area contributed by atoms with Crippen molar-refractivity contribution in [2.75, 3.05) is 13.7 Å². The molecule has 3 rings (SSSR count). The number of rotatable bonds is 7. The van der Waals surface area contributed by atoms with Crippen molar-refractivity contribution in [3.63, 3.8) is 0 Å². The van der Waals surface area contributed by atoms with Crippen LogP contribution in [0.4, 0.5) is 0 Å². The zero-order chi connectivity index (χ0) is 20.8. The van der Waals surface area contributed by atoms with Gasteiger partial charge in [0.1, 0.15) is 12.4 Å². The van der Waals surface area contributed by atoms with Gasteiger partial charge in [-0.15, -0.1) is 0 Å². The molecule has 0 N–H and O–H groups in total. The summed E-state index contributed by atoms with van der Waals surface area (Å²) in [6.07, 6.45) is 0. The van der Waals surface area contributed by atoms with Crippen molar-refractivity contribution in [3.8, 4) is 23.2 Å². The van der Waals surface area contributed by atoms with Crippen molar-refractivity contribution in [2.24, 2.45) is 0 Å². The predicted molar refractivity (Wildman–Crippen MR) is 106 cm³/mol. The van der Waals surface area contributed by atoms with Gasteiger partial charge in [0.25, 0.3) is 0 Å². The average molecular weight is 391 g/mol. The van der Waals surface area contributed by atoms with Gasteiger partial charge in [-0.05, 0) is 43.7 Å². The van der Waals surface area contributed by atoms with E-state index in [0.29, 0.717) is 22.6 Å². The molecule has 0 saturated heterocycles. The van der Waals surface area contributed by atoms with Crippen LogP contribution in [0.5, 0.6) is 5.75 Å². The van der Waals surface area contributed by atoms with Gasteiger partial charge < -0.3 is 14.3 Å². The van der Waals surface area contributed by atoms with Crippen LogP contribution in [0.15, 0.2) is 48.5 Å². The minimum atomic E-state index is -0.519. The number of carbonyl (C=O) groups is 1. The summed E-state index contributed by atoms with van der Waals surface area (Å²) >= 11 is 0. The maximum atomic E-state index is 12.5. The Hall–Kier alpha value is -3.79. The molecule has 7 nitrogen and oxygen atoms in total. The number of aromatic nitrogens is 2. The highest BCUT2D eigenvalue weighted by Crippen LogP contribution is 2.24. The summed E-state index contributed by atoms with van der Waals surface area (Å²) < 4.78 is 11.7.